The number of carbonyl (C=O) groups is 2. The van der Waals surface area contributed by atoms with Crippen LogP contribution in [-0.4, -0.2) is 36.2 Å². The molecule has 2 fully saturated rings. The Morgan fingerprint density at radius 2 is 1.90 bits per heavy atom. The average Bonchev–Trinajstić information content (AvgIpc) is 2.92. The molecule has 2 rings (SSSR count). The first-order chi connectivity index (χ1) is 9.63. The maximum atomic E-state index is 12.2. The Balaban J connectivity index is 1.85. The Bertz CT molecular complexity index is 358. The second kappa shape index (κ2) is 7.07. The Kier molecular flexibility index (Phi) is 5.40. The van der Waals surface area contributed by atoms with Gasteiger partial charge in [0.2, 0.25) is 5.91 Å². The zero-order chi connectivity index (χ0) is 14.5. The smallest absolute Gasteiger partial charge is 0.307 e. The highest BCUT2D eigenvalue weighted by Crippen LogP contribution is 2.30. The molecule has 0 aromatic rings. The predicted molar refractivity (Wildman–Crippen MR) is 74.2 cm³/mol. The van der Waals surface area contributed by atoms with E-state index in [0.717, 1.165) is 32.3 Å². The van der Waals surface area contributed by atoms with Gasteiger partial charge < -0.3 is 15.2 Å². The van der Waals surface area contributed by atoms with Crippen LogP contribution in [0.15, 0.2) is 0 Å². The molecule has 0 aromatic carbocycles. The van der Waals surface area contributed by atoms with Gasteiger partial charge in [0.1, 0.15) is 0 Å². The Morgan fingerprint density at radius 3 is 2.55 bits per heavy atom. The van der Waals surface area contributed by atoms with Crippen LogP contribution in [0.1, 0.15) is 45.4 Å². The fraction of sp³-hybridized carbons (Fsp3) is 0.867. The van der Waals surface area contributed by atoms with Crippen LogP contribution in [0.5, 0.6) is 0 Å². The van der Waals surface area contributed by atoms with Gasteiger partial charge in [0.15, 0.2) is 0 Å². The summed E-state index contributed by atoms with van der Waals surface area (Å²) < 4.78 is 5.61. The molecule has 2 N–H and O–H groups in total. The van der Waals surface area contributed by atoms with E-state index in [0.29, 0.717) is 25.3 Å². The molecule has 2 aliphatic rings. The van der Waals surface area contributed by atoms with E-state index in [1.54, 1.807) is 0 Å². The van der Waals surface area contributed by atoms with Crippen molar-refractivity contribution in [3.63, 3.8) is 0 Å². The molecule has 20 heavy (non-hydrogen) atoms. The molecule has 2 unspecified atom stereocenters. The van der Waals surface area contributed by atoms with Gasteiger partial charge in [-0.05, 0) is 25.7 Å². The van der Waals surface area contributed by atoms with Crippen LogP contribution >= 0.6 is 0 Å². The number of ether oxygens (including phenoxy) is 1. The first-order valence-electron chi connectivity index (χ1n) is 7.75. The maximum Gasteiger partial charge on any atom is 0.307 e. The first-order valence-corrected chi connectivity index (χ1v) is 7.75. The number of nitrogens with one attached hydrogen (secondary N) is 1. The van der Waals surface area contributed by atoms with Gasteiger partial charge in [0.05, 0.1) is 17.9 Å². The lowest BCUT2D eigenvalue weighted by atomic mass is 9.78. The van der Waals surface area contributed by atoms with Crippen molar-refractivity contribution in [1.82, 2.24) is 5.32 Å². The number of amides is 1. The molecule has 0 aromatic heterocycles. The molecule has 5 heteroatoms. The van der Waals surface area contributed by atoms with Gasteiger partial charge in [-0.2, -0.15) is 0 Å². The molecule has 4 atom stereocenters. The average molecular weight is 283 g/mol. The summed E-state index contributed by atoms with van der Waals surface area (Å²) in [6, 6.07) is 0. The molecule has 1 aliphatic carbocycles. The summed E-state index contributed by atoms with van der Waals surface area (Å²) in [6.07, 6.45) is 5.35. The summed E-state index contributed by atoms with van der Waals surface area (Å²) in [5.74, 6) is -1.41. The fourth-order valence-corrected chi connectivity index (χ4v) is 3.48. The molecule has 1 amide bonds. The summed E-state index contributed by atoms with van der Waals surface area (Å²) in [5.41, 5.74) is 0. The Hall–Kier alpha value is -1.10. The summed E-state index contributed by atoms with van der Waals surface area (Å²) in [6.45, 7) is 3.47. The zero-order valence-electron chi connectivity index (χ0n) is 12.1. The number of aliphatic carboxylic acids is 1. The fourth-order valence-electron chi connectivity index (χ4n) is 3.48. The lowest BCUT2D eigenvalue weighted by Gasteiger charge is -2.28. The Labute approximate surface area is 120 Å². The van der Waals surface area contributed by atoms with Gasteiger partial charge in [0.25, 0.3) is 0 Å². The van der Waals surface area contributed by atoms with Gasteiger partial charge in [-0.25, -0.2) is 0 Å². The quantitative estimate of drug-likeness (QED) is 0.807. The standard InChI is InChI=1S/C15H25NO4/c1-2-13-10(7-8-20-13)9-16-14(17)11-5-3-4-6-12(11)15(18)19/h10-13H,2-9H2,1H3,(H,16,17)(H,18,19)/t10?,11-,12+,13?/m1/s1. The molecule has 1 heterocycles. The van der Waals surface area contributed by atoms with Gasteiger partial charge in [-0.15, -0.1) is 0 Å². The highest BCUT2D eigenvalue weighted by Gasteiger charge is 2.36. The van der Waals surface area contributed by atoms with E-state index in [9.17, 15) is 14.7 Å². The third-order valence-corrected chi connectivity index (χ3v) is 4.71. The minimum Gasteiger partial charge on any atom is -0.481 e. The summed E-state index contributed by atoms with van der Waals surface area (Å²) in [7, 11) is 0. The summed E-state index contributed by atoms with van der Waals surface area (Å²) in [4.78, 5) is 23.5. The van der Waals surface area contributed by atoms with Crippen molar-refractivity contribution in [2.75, 3.05) is 13.2 Å². The van der Waals surface area contributed by atoms with Crippen molar-refractivity contribution in [3.05, 3.63) is 0 Å². The summed E-state index contributed by atoms with van der Waals surface area (Å²) >= 11 is 0. The zero-order valence-corrected chi connectivity index (χ0v) is 12.1. The van der Waals surface area contributed by atoms with E-state index < -0.39 is 11.9 Å². The largest absolute Gasteiger partial charge is 0.481 e. The normalized spacial score (nSPS) is 33.9. The second-order valence-electron chi connectivity index (χ2n) is 5.95. The number of carboxylic acids is 1. The molecule has 0 radical (unpaired) electrons. The van der Waals surface area contributed by atoms with Crippen molar-refractivity contribution in [2.45, 2.75) is 51.6 Å². The van der Waals surface area contributed by atoms with E-state index in [1.165, 1.54) is 0 Å². The number of hydrogen-bond donors (Lipinski definition) is 2. The van der Waals surface area contributed by atoms with Crippen molar-refractivity contribution in [3.8, 4) is 0 Å². The van der Waals surface area contributed by atoms with E-state index in [-0.39, 0.29) is 17.9 Å². The van der Waals surface area contributed by atoms with Crippen molar-refractivity contribution < 1.29 is 19.4 Å². The van der Waals surface area contributed by atoms with Crippen LogP contribution in [0.4, 0.5) is 0 Å². The van der Waals surface area contributed by atoms with Crippen LogP contribution in [0, 0.1) is 17.8 Å². The predicted octanol–water partition coefficient (Wildman–Crippen LogP) is 1.81. The molecular weight excluding hydrogens is 258 g/mol. The van der Waals surface area contributed by atoms with Crippen LogP contribution in [0.3, 0.4) is 0 Å². The number of rotatable bonds is 5. The maximum absolute atomic E-state index is 12.2. The molecule has 0 bridgehead atoms. The molecule has 114 valence electrons. The van der Waals surface area contributed by atoms with E-state index in [1.807, 2.05) is 0 Å². The topological polar surface area (TPSA) is 75.6 Å². The monoisotopic (exact) mass is 283 g/mol. The molecule has 1 saturated carbocycles. The lowest BCUT2D eigenvalue weighted by molar-refractivity contribution is -0.149. The molecule has 5 nitrogen and oxygen atoms in total. The minimum absolute atomic E-state index is 0.0844. The van der Waals surface area contributed by atoms with Crippen LogP contribution in [-0.2, 0) is 14.3 Å². The third kappa shape index (κ3) is 3.51. The van der Waals surface area contributed by atoms with Gasteiger partial charge >= 0.3 is 5.97 Å². The van der Waals surface area contributed by atoms with Gasteiger partial charge in [-0.3, -0.25) is 9.59 Å². The minimum atomic E-state index is -0.833. The number of carbonyl (C=O) groups excluding carboxylic acids is 1. The molecular formula is C15H25NO4. The van der Waals surface area contributed by atoms with Crippen LogP contribution < -0.4 is 5.32 Å². The molecule has 1 saturated heterocycles. The first kappa shape index (κ1) is 15.3. The SMILES string of the molecule is CCC1OCCC1CNC(=O)[C@@H]1CCCC[C@@H]1C(=O)O. The molecule has 0 spiro atoms. The van der Waals surface area contributed by atoms with E-state index >= 15 is 0 Å². The number of hydrogen-bond acceptors (Lipinski definition) is 3. The lowest BCUT2D eigenvalue weighted by Crippen LogP contribution is -2.42. The van der Waals surface area contributed by atoms with Crippen molar-refractivity contribution >= 4 is 11.9 Å². The third-order valence-electron chi connectivity index (χ3n) is 4.71. The highest BCUT2D eigenvalue weighted by molar-refractivity contribution is 5.84. The van der Waals surface area contributed by atoms with E-state index in [2.05, 4.69) is 12.2 Å². The summed E-state index contributed by atoms with van der Waals surface area (Å²) in [5, 5.41) is 12.2. The van der Waals surface area contributed by atoms with Crippen molar-refractivity contribution in [2.24, 2.45) is 17.8 Å². The Morgan fingerprint density at radius 1 is 1.20 bits per heavy atom. The number of carboxylic acid groups (broad SMARTS) is 1. The van der Waals surface area contributed by atoms with Crippen LogP contribution in [0.2, 0.25) is 0 Å². The van der Waals surface area contributed by atoms with Gasteiger partial charge in [-0.1, -0.05) is 19.8 Å². The van der Waals surface area contributed by atoms with Crippen LogP contribution in [0.25, 0.3) is 0 Å². The van der Waals surface area contributed by atoms with Crippen molar-refractivity contribution in [1.29, 1.82) is 0 Å². The molecule has 1 aliphatic heterocycles. The second-order valence-corrected chi connectivity index (χ2v) is 5.95. The van der Waals surface area contributed by atoms with E-state index in [4.69, 9.17) is 4.74 Å². The highest BCUT2D eigenvalue weighted by atomic mass is 16.5. The van der Waals surface area contributed by atoms with Gasteiger partial charge in [0, 0.05) is 19.1 Å².